The normalized spacial score (nSPS) is 39.8. The van der Waals surface area contributed by atoms with E-state index in [0.29, 0.717) is 6.42 Å². The lowest BCUT2D eigenvalue weighted by atomic mass is 10.2. The number of rotatable bonds is 3. The van der Waals surface area contributed by atoms with E-state index < -0.39 is 6.23 Å². The molecule has 0 aromatic heterocycles. The third-order valence-electron chi connectivity index (χ3n) is 3.65. The zero-order valence-corrected chi connectivity index (χ0v) is 9.78. The highest BCUT2D eigenvalue weighted by molar-refractivity contribution is 4.66. The van der Waals surface area contributed by atoms with Crippen LogP contribution < -0.4 is 9.80 Å². The number of nitro groups is 1. The molecule has 0 unspecified atom stereocenters. The molecule has 92 valence electrons. The van der Waals surface area contributed by atoms with Crippen LogP contribution in [0.3, 0.4) is 0 Å². The second kappa shape index (κ2) is 5.07. The van der Waals surface area contributed by atoms with Crippen molar-refractivity contribution in [3.8, 4) is 0 Å². The van der Waals surface area contributed by atoms with Crippen LogP contribution in [0, 0.1) is 10.1 Å². The third kappa shape index (κ3) is 2.90. The number of hydrogen-bond donors (Lipinski definition) is 2. The maximum atomic E-state index is 10.6. The quantitative estimate of drug-likeness (QED) is 0.407. The molecule has 0 aromatic carbocycles. The highest BCUT2D eigenvalue weighted by atomic mass is 16.7. The summed E-state index contributed by atoms with van der Waals surface area (Å²) < 4.78 is 5.43. The summed E-state index contributed by atoms with van der Waals surface area (Å²) in [6.45, 7) is 5.66. The Hall–Kier alpha value is -0.720. The summed E-state index contributed by atoms with van der Waals surface area (Å²) in [4.78, 5) is 13.4. The van der Waals surface area contributed by atoms with Crippen LogP contribution in [0.2, 0.25) is 0 Å². The number of ether oxygens (including phenoxy) is 1. The number of piperazine rings is 1. The molecule has 2 aliphatic heterocycles. The summed E-state index contributed by atoms with van der Waals surface area (Å²) in [7, 11) is 2.21. The molecule has 0 saturated carbocycles. The van der Waals surface area contributed by atoms with Gasteiger partial charge in [0, 0.05) is 6.42 Å². The van der Waals surface area contributed by atoms with Gasteiger partial charge < -0.3 is 14.5 Å². The van der Waals surface area contributed by atoms with Gasteiger partial charge in [0.15, 0.2) is 0 Å². The predicted molar refractivity (Wildman–Crippen MR) is 57.1 cm³/mol. The van der Waals surface area contributed by atoms with Gasteiger partial charge in [-0.15, -0.1) is 0 Å². The minimum Gasteiger partial charge on any atom is -0.328 e. The number of nitrogens with one attached hydrogen (secondary N) is 2. The van der Waals surface area contributed by atoms with Crippen molar-refractivity contribution in [1.29, 1.82) is 0 Å². The van der Waals surface area contributed by atoms with Crippen molar-refractivity contribution in [3.63, 3.8) is 0 Å². The Balaban J connectivity index is 1.73. The van der Waals surface area contributed by atoms with Crippen LogP contribution in [0.1, 0.15) is 12.8 Å². The fraction of sp³-hybridized carbons (Fsp3) is 1.00. The molecule has 0 aromatic rings. The second-order valence-corrected chi connectivity index (χ2v) is 4.99. The second-order valence-electron chi connectivity index (χ2n) is 4.99. The van der Waals surface area contributed by atoms with Crippen molar-refractivity contribution in [2.75, 3.05) is 39.8 Å². The standard InChI is InChI=1S/C10H19N3O3/c1-11-4-6-12(7-5-11)8-9-2-3-10(16-9)13(14)15/h9-10H,2-8H2,1H3/p+2/t9-,10+/m0/s1. The monoisotopic (exact) mass is 231 g/mol. The van der Waals surface area contributed by atoms with Crippen LogP contribution in [-0.4, -0.2) is 57.0 Å². The minimum atomic E-state index is -0.748. The molecule has 6 nitrogen and oxygen atoms in total. The van der Waals surface area contributed by atoms with Gasteiger partial charge in [-0.2, -0.15) is 0 Å². The van der Waals surface area contributed by atoms with E-state index in [2.05, 4.69) is 7.05 Å². The molecule has 0 amide bonds. The first kappa shape index (κ1) is 11.8. The van der Waals surface area contributed by atoms with Crippen LogP contribution in [0.25, 0.3) is 0 Å². The Morgan fingerprint density at radius 3 is 2.56 bits per heavy atom. The van der Waals surface area contributed by atoms with Gasteiger partial charge in [-0.1, -0.05) is 0 Å². The van der Waals surface area contributed by atoms with Crippen molar-refractivity contribution in [2.24, 2.45) is 0 Å². The molecule has 2 heterocycles. The van der Waals surface area contributed by atoms with Gasteiger partial charge in [0.1, 0.15) is 38.8 Å². The summed E-state index contributed by atoms with van der Waals surface area (Å²) in [5.74, 6) is 0. The first-order valence-corrected chi connectivity index (χ1v) is 6.09. The molecule has 2 aliphatic rings. The topological polar surface area (TPSA) is 61.2 Å². The van der Waals surface area contributed by atoms with E-state index in [9.17, 15) is 10.1 Å². The van der Waals surface area contributed by atoms with Gasteiger partial charge in [-0.3, -0.25) is 10.1 Å². The zero-order chi connectivity index (χ0) is 11.5. The van der Waals surface area contributed by atoms with Gasteiger partial charge in [0.2, 0.25) is 0 Å². The summed E-state index contributed by atoms with van der Waals surface area (Å²) in [5.41, 5.74) is 0. The smallest absolute Gasteiger partial charge is 0.315 e. The zero-order valence-electron chi connectivity index (χ0n) is 9.78. The van der Waals surface area contributed by atoms with Crippen LogP contribution in [0.5, 0.6) is 0 Å². The molecule has 2 fully saturated rings. The van der Waals surface area contributed by atoms with E-state index in [1.807, 2.05) is 0 Å². The highest BCUT2D eigenvalue weighted by Crippen LogP contribution is 2.18. The lowest BCUT2D eigenvalue weighted by molar-refractivity contribution is -1.00. The van der Waals surface area contributed by atoms with Crippen LogP contribution in [-0.2, 0) is 4.74 Å². The molecule has 2 atom stereocenters. The summed E-state index contributed by atoms with van der Waals surface area (Å²) in [6, 6.07) is 0. The van der Waals surface area contributed by atoms with Gasteiger partial charge >= 0.3 is 6.23 Å². The molecule has 0 spiro atoms. The van der Waals surface area contributed by atoms with Crippen molar-refractivity contribution in [1.82, 2.24) is 0 Å². The lowest BCUT2D eigenvalue weighted by Gasteiger charge is -2.28. The number of hydrogen-bond acceptors (Lipinski definition) is 3. The van der Waals surface area contributed by atoms with Gasteiger partial charge in [-0.25, -0.2) is 0 Å². The SMILES string of the molecule is C[NH+]1CC[NH+](C[C@@H]2CC[C@H]([N+](=O)[O-])O2)CC1. The van der Waals surface area contributed by atoms with E-state index in [1.165, 1.54) is 13.1 Å². The van der Waals surface area contributed by atoms with Gasteiger partial charge in [0.25, 0.3) is 0 Å². The average molecular weight is 231 g/mol. The number of likely N-dealkylation sites (N-methyl/N-ethyl adjacent to an activating group) is 1. The third-order valence-corrected chi connectivity index (χ3v) is 3.65. The van der Waals surface area contributed by atoms with Crippen LogP contribution >= 0.6 is 0 Å². The summed E-state index contributed by atoms with van der Waals surface area (Å²) in [6.07, 6.45) is 0.778. The fourth-order valence-electron chi connectivity index (χ4n) is 2.55. The molecule has 0 bridgehead atoms. The molecule has 16 heavy (non-hydrogen) atoms. The predicted octanol–water partition coefficient (Wildman–Crippen LogP) is -2.82. The Morgan fingerprint density at radius 1 is 1.31 bits per heavy atom. The molecule has 6 heteroatoms. The van der Waals surface area contributed by atoms with Crippen LogP contribution in [0.4, 0.5) is 0 Å². The highest BCUT2D eigenvalue weighted by Gasteiger charge is 2.36. The first-order chi connectivity index (χ1) is 7.65. The van der Waals surface area contributed by atoms with Crippen molar-refractivity contribution in [2.45, 2.75) is 25.2 Å². The lowest BCUT2D eigenvalue weighted by Crippen LogP contribution is -3.27. The van der Waals surface area contributed by atoms with Crippen molar-refractivity contribution in [3.05, 3.63) is 10.1 Å². The maximum Gasteiger partial charge on any atom is 0.315 e. The summed E-state index contributed by atoms with van der Waals surface area (Å²) in [5, 5.41) is 10.6. The van der Waals surface area contributed by atoms with E-state index in [1.54, 1.807) is 9.80 Å². The Morgan fingerprint density at radius 2 is 2.00 bits per heavy atom. The summed E-state index contributed by atoms with van der Waals surface area (Å²) >= 11 is 0. The van der Waals surface area contributed by atoms with E-state index in [0.717, 1.165) is 26.1 Å². The molecule has 0 aliphatic carbocycles. The number of quaternary nitrogens is 2. The fourth-order valence-corrected chi connectivity index (χ4v) is 2.55. The Kier molecular flexibility index (Phi) is 3.73. The molecular formula is C10H21N3O3+2. The molecular weight excluding hydrogens is 210 g/mol. The maximum absolute atomic E-state index is 10.6. The Bertz CT molecular complexity index is 254. The molecule has 2 saturated heterocycles. The van der Waals surface area contributed by atoms with E-state index in [-0.39, 0.29) is 11.0 Å². The van der Waals surface area contributed by atoms with E-state index in [4.69, 9.17) is 4.74 Å². The van der Waals surface area contributed by atoms with Gasteiger partial charge in [0.05, 0.1) is 12.0 Å². The molecule has 2 rings (SSSR count). The minimum absolute atomic E-state index is 0.101. The van der Waals surface area contributed by atoms with Crippen LogP contribution in [0.15, 0.2) is 0 Å². The van der Waals surface area contributed by atoms with Crippen molar-refractivity contribution < 1.29 is 19.5 Å². The van der Waals surface area contributed by atoms with Gasteiger partial charge in [-0.05, 0) is 6.42 Å². The first-order valence-electron chi connectivity index (χ1n) is 6.09. The molecule has 2 N–H and O–H groups in total. The molecule has 0 radical (unpaired) electrons. The largest absolute Gasteiger partial charge is 0.328 e. The number of nitrogens with zero attached hydrogens (tertiary/aromatic N) is 1. The van der Waals surface area contributed by atoms with E-state index >= 15 is 0 Å². The average Bonchev–Trinajstić information content (AvgIpc) is 2.70. The Labute approximate surface area is 95.3 Å². The van der Waals surface area contributed by atoms with Crippen molar-refractivity contribution >= 4 is 0 Å².